The molecule has 2 rings (SSSR count). The molecular weight excluding hydrogens is 284 g/mol. The number of carbonyl (C=O) groups excluding carboxylic acids is 1. The Morgan fingerprint density at radius 2 is 1.90 bits per heavy atom. The summed E-state index contributed by atoms with van der Waals surface area (Å²) < 4.78 is 0. The topological polar surface area (TPSA) is 41.5 Å². The number of nitrogens with one attached hydrogen (secondary N) is 1. The molecule has 0 saturated heterocycles. The lowest BCUT2D eigenvalue weighted by atomic mass is 10.1. The molecule has 0 unspecified atom stereocenters. The SMILES string of the molecule is CC/C(Cc1ccccc1)=N/NC(=O)c1cccc(Cl)c1. The van der Waals surface area contributed by atoms with Crippen molar-refractivity contribution in [3.63, 3.8) is 0 Å². The highest BCUT2D eigenvalue weighted by molar-refractivity contribution is 6.30. The summed E-state index contributed by atoms with van der Waals surface area (Å²) in [6.07, 6.45) is 1.51. The number of hydrazone groups is 1. The molecule has 21 heavy (non-hydrogen) atoms. The van der Waals surface area contributed by atoms with Gasteiger partial charge in [0.2, 0.25) is 0 Å². The minimum atomic E-state index is -0.253. The van der Waals surface area contributed by atoms with Gasteiger partial charge in [0.15, 0.2) is 0 Å². The van der Waals surface area contributed by atoms with Crippen LogP contribution in [0.1, 0.15) is 29.3 Å². The highest BCUT2D eigenvalue weighted by atomic mass is 35.5. The van der Waals surface area contributed by atoms with Crippen molar-refractivity contribution in [2.45, 2.75) is 19.8 Å². The van der Waals surface area contributed by atoms with Gasteiger partial charge in [0.1, 0.15) is 0 Å². The van der Waals surface area contributed by atoms with Crippen LogP contribution in [0.25, 0.3) is 0 Å². The molecule has 2 aromatic rings. The number of benzene rings is 2. The Kier molecular flexibility index (Phi) is 5.52. The Morgan fingerprint density at radius 1 is 1.14 bits per heavy atom. The second kappa shape index (κ2) is 7.60. The molecule has 0 radical (unpaired) electrons. The molecule has 2 aromatic carbocycles. The first-order chi connectivity index (χ1) is 10.2. The smallest absolute Gasteiger partial charge is 0.267 e. The summed E-state index contributed by atoms with van der Waals surface area (Å²) in [5, 5.41) is 4.75. The van der Waals surface area contributed by atoms with Gasteiger partial charge in [-0.05, 0) is 30.2 Å². The summed E-state index contributed by atoms with van der Waals surface area (Å²) in [6, 6.07) is 16.9. The van der Waals surface area contributed by atoms with Crippen molar-refractivity contribution in [3.05, 3.63) is 70.7 Å². The fraction of sp³-hybridized carbons (Fsp3) is 0.176. The first kappa shape index (κ1) is 15.3. The number of rotatable bonds is 5. The third-order valence-corrected chi connectivity index (χ3v) is 3.30. The molecule has 0 atom stereocenters. The molecule has 0 saturated carbocycles. The highest BCUT2D eigenvalue weighted by Crippen LogP contribution is 2.10. The molecule has 0 aliphatic carbocycles. The number of amides is 1. The molecular formula is C17H17ClN2O. The summed E-state index contributed by atoms with van der Waals surface area (Å²) in [6.45, 7) is 2.02. The molecule has 0 aliphatic heterocycles. The van der Waals surface area contributed by atoms with Crippen molar-refractivity contribution in [1.29, 1.82) is 0 Å². The molecule has 0 aromatic heterocycles. The fourth-order valence-electron chi connectivity index (χ4n) is 1.90. The van der Waals surface area contributed by atoms with Gasteiger partial charge in [0, 0.05) is 22.7 Å². The number of carbonyl (C=O) groups is 1. The third kappa shape index (κ3) is 4.72. The van der Waals surface area contributed by atoms with Crippen LogP contribution in [-0.4, -0.2) is 11.6 Å². The van der Waals surface area contributed by atoms with Gasteiger partial charge < -0.3 is 0 Å². The van der Waals surface area contributed by atoms with Gasteiger partial charge in [-0.15, -0.1) is 0 Å². The van der Waals surface area contributed by atoms with E-state index in [0.29, 0.717) is 10.6 Å². The van der Waals surface area contributed by atoms with Crippen LogP contribution >= 0.6 is 11.6 Å². The van der Waals surface area contributed by atoms with Crippen LogP contribution in [0.3, 0.4) is 0 Å². The van der Waals surface area contributed by atoms with Gasteiger partial charge in [0.25, 0.3) is 5.91 Å². The summed E-state index contributed by atoms with van der Waals surface area (Å²) >= 11 is 5.87. The number of hydrogen-bond acceptors (Lipinski definition) is 2. The van der Waals surface area contributed by atoms with Crippen LogP contribution in [0.4, 0.5) is 0 Å². The van der Waals surface area contributed by atoms with Crippen molar-refractivity contribution >= 4 is 23.2 Å². The Balaban J connectivity index is 2.02. The van der Waals surface area contributed by atoms with E-state index in [2.05, 4.69) is 10.5 Å². The van der Waals surface area contributed by atoms with Crippen LogP contribution < -0.4 is 5.43 Å². The van der Waals surface area contributed by atoms with E-state index < -0.39 is 0 Å². The molecule has 0 fully saturated rings. The predicted molar refractivity (Wildman–Crippen MR) is 86.8 cm³/mol. The van der Waals surface area contributed by atoms with E-state index in [-0.39, 0.29) is 5.91 Å². The van der Waals surface area contributed by atoms with Gasteiger partial charge in [-0.25, -0.2) is 5.43 Å². The quantitative estimate of drug-likeness (QED) is 0.656. The number of hydrogen-bond donors (Lipinski definition) is 1. The van der Waals surface area contributed by atoms with Gasteiger partial charge in [-0.2, -0.15) is 5.10 Å². The Bertz CT molecular complexity index is 638. The molecule has 0 bridgehead atoms. The third-order valence-electron chi connectivity index (χ3n) is 3.06. The van der Waals surface area contributed by atoms with Crippen molar-refractivity contribution < 1.29 is 4.79 Å². The molecule has 3 nitrogen and oxygen atoms in total. The van der Waals surface area contributed by atoms with E-state index in [1.165, 1.54) is 5.56 Å². The van der Waals surface area contributed by atoms with Gasteiger partial charge in [-0.3, -0.25) is 4.79 Å². The van der Waals surface area contributed by atoms with Crippen molar-refractivity contribution in [2.24, 2.45) is 5.10 Å². The summed E-state index contributed by atoms with van der Waals surface area (Å²) in [5.74, 6) is -0.253. The number of halogens is 1. The molecule has 0 aliphatic rings. The van der Waals surface area contributed by atoms with Gasteiger partial charge in [0.05, 0.1) is 0 Å². The first-order valence-electron chi connectivity index (χ1n) is 6.84. The average Bonchev–Trinajstić information content (AvgIpc) is 2.52. The summed E-state index contributed by atoms with van der Waals surface area (Å²) in [7, 11) is 0. The largest absolute Gasteiger partial charge is 0.271 e. The predicted octanol–water partition coefficient (Wildman–Crippen LogP) is 4.08. The first-order valence-corrected chi connectivity index (χ1v) is 7.22. The minimum Gasteiger partial charge on any atom is -0.267 e. The highest BCUT2D eigenvalue weighted by Gasteiger charge is 2.05. The maximum Gasteiger partial charge on any atom is 0.271 e. The molecule has 0 spiro atoms. The lowest BCUT2D eigenvalue weighted by Crippen LogP contribution is -2.20. The molecule has 108 valence electrons. The summed E-state index contributed by atoms with van der Waals surface area (Å²) in [4.78, 5) is 12.0. The Hall–Kier alpha value is -2.13. The maximum absolute atomic E-state index is 12.0. The average molecular weight is 301 g/mol. The monoisotopic (exact) mass is 300 g/mol. The van der Waals surface area contributed by atoms with E-state index in [1.807, 2.05) is 37.3 Å². The zero-order valence-corrected chi connectivity index (χ0v) is 12.6. The maximum atomic E-state index is 12.0. The minimum absolute atomic E-state index is 0.253. The second-order valence-corrected chi connectivity index (χ2v) is 5.08. The Morgan fingerprint density at radius 3 is 2.57 bits per heavy atom. The van der Waals surface area contributed by atoms with Crippen molar-refractivity contribution in [1.82, 2.24) is 5.43 Å². The van der Waals surface area contributed by atoms with Crippen LogP contribution in [0.15, 0.2) is 59.7 Å². The van der Waals surface area contributed by atoms with Crippen LogP contribution in [0, 0.1) is 0 Å². The summed E-state index contributed by atoms with van der Waals surface area (Å²) in [5.41, 5.74) is 5.19. The van der Waals surface area contributed by atoms with Crippen LogP contribution in [0.5, 0.6) is 0 Å². The number of nitrogens with zero attached hydrogens (tertiary/aromatic N) is 1. The lowest BCUT2D eigenvalue weighted by Gasteiger charge is -2.05. The molecule has 1 amide bonds. The zero-order chi connectivity index (χ0) is 15.1. The van der Waals surface area contributed by atoms with E-state index in [0.717, 1.165) is 18.6 Å². The normalized spacial score (nSPS) is 11.2. The van der Waals surface area contributed by atoms with Crippen LogP contribution in [0.2, 0.25) is 5.02 Å². The lowest BCUT2D eigenvalue weighted by molar-refractivity contribution is 0.0954. The zero-order valence-electron chi connectivity index (χ0n) is 11.8. The van der Waals surface area contributed by atoms with E-state index in [9.17, 15) is 4.79 Å². The van der Waals surface area contributed by atoms with E-state index >= 15 is 0 Å². The van der Waals surface area contributed by atoms with Crippen molar-refractivity contribution in [3.8, 4) is 0 Å². The van der Waals surface area contributed by atoms with Crippen LogP contribution in [-0.2, 0) is 6.42 Å². The second-order valence-electron chi connectivity index (χ2n) is 4.65. The van der Waals surface area contributed by atoms with E-state index in [1.54, 1.807) is 24.3 Å². The molecule has 1 N–H and O–H groups in total. The Labute approximate surface area is 129 Å². The van der Waals surface area contributed by atoms with Gasteiger partial charge >= 0.3 is 0 Å². The standard InChI is InChI=1S/C17H17ClN2O/c1-2-16(11-13-7-4-3-5-8-13)19-20-17(21)14-9-6-10-15(18)12-14/h3-10,12H,2,11H2,1H3,(H,20,21)/b19-16-. The molecule has 4 heteroatoms. The fourth-order valence-corrected chi connectivity index (χ4v) is 2.09. The molecule has 0 heterocycles. The van der Waals surface area contributed by atoms with E-state index in [4.69, 9.17) is 11.6 Å². The van der Waals surface area contributed by atoms with Gasteiger partial charge in [-0.1, -0.05) is 54.9 Å². The van der Waals surface area contributed by atoms with Crippen molar-refractivity contribution in [2.75, 3.05) is 0 Å².